The van der Waals surface area contributed by atoms with Crippen LogP contribution in [0.2, 0.25) is 0 Å². The predicted molar refractivity (Wildman–Crippen MR) is 73.8 cm³/mol. The summed E-state index contributed by atoms with van der Waals surface area (Å²) in [7, 11) is 0. The molecule has 120 valence electrons. The van der Waals surface area contributed by atoms with Gasteiger partial charge in [0.15, 0.2) is 0 Å². The van der Waals surface area contributed by atoms with E-state index in [1.807, 2.05) is 0 Å². The summed E-state index contributed by atoms with van der Waals surface area (Å²) in [5, 5.41) is 3.57. The van der Waals surface area contributed by atoms with E-state index in [1.165, 1.54) is 0 Å². The van der Waals surface area contributed by atoms with Crippen LogP contribution in [0.25, 0.3) is 0 Å². The zero-order chi connectivity index (χ0) is 15.4. The van der Waals surface area contributed by atoms with Gasteiger partial charge in [-0.3, -0.25) is 4.90 Å². The molecule has 3 nitrogen and oxygen atoms in total. The minimum Gasteiger partial charge on any atom is -0.372 e. The number of hydrogen-bond donors (Lipinski definition) is 1. The lowest BCUT2D eigenvalue weighted by molar-refractivity contribution is -0.174. The SMILES string of the molecule is CCC1(C)CN(CCCOCC(F)(F)F)C(C)(C)CN1. The molecule has 20 heavy (non-hydrogen) atoms. The first-order chi connectivity index (χ1) is 9.08. The van der Waals surface area contributed by atoms with Crippen LogP contribution >= 0.6 is 0 Å². The van der Waals surface area contributed by atoms with E-state index in [0.717, 1.165) is 26.1 Å². The number of nitrogens with one attached hydrogen (secondary N) is 1. The maximum absolute atomic E-state index is 12.0. The van der Waals surface area contributed by atoms with Crippen molar-refractivity contribution in [3.8, 4) is 0 Å². The lowest BCUT2D eigenvalue weighted by Crippen LogP contribution is -2.67. The fourth-order valence-corrected chi connectivity index (χ4v) is 2.40. The maximum atomic E-state index is 12.0. The van der Waals surface area contributed by atoms with Crippen LogP contribution in [0.3, 0.4) is 0 Å². The van der Waals surface area contributed by atoms with Crippen molar-refractivity contribution in [2.45, 2.75) is 57.8 Å². The van der Waals surface area contributed by atoms with Crippen LogP contribution in [0, 0.1) is 0 Å². The number of nitrogens with zero attached hydrogens (tertiary/aromatic N) is 1. The average molecular weight is 296 g/mol. The second-order valence-corrected chi connectivity index (χ2v) is 6.52. The van der Waals surface area contributed by atoms with E-state index >= 15 is 0 Å². The van der Waals surface area contributed by atoms with Crippen LogP contribution in [0.5, 0.6) is 0 Å². The Labute approximate surface area is 119 Å². The first-order valence-corrected chi connectivity index (χ1v) is 7.23. The molecule has 0 radical (unpaired) electrons. The molecule has 1 aliphatic heterocycles. The van der Waals surface area contributed by atoms with Crippen molar-refractivity contribution in [2.24, 2.45) is 0 Å². The van der Waals surface area contributed by atoms with Crippen LogP contribution in [0.15, 0.2) is 0 Å². The second kappa shape index (κ2) is 6.62. The molecule has 1 heterocycles. The zero-order valence-electron chi connectivity index (χ0n) is 12.9. The largest absolute Gasteiger partial charge is 0.411 e. The molecule has 0 saturated carbocycles. The number of ether oxygens (including phenoxy) is 1. The fraction of sp³-hybridized carbons (Fsp3) is 1.00. The van der Waals surface area contributed by atoms with Gasteiger partial charge >= 0.3 is 6.18 Å². The molecular weight excluding hydrogens is 269 g/mol. The molecule has 1 fully saturated rings. The van der Waals surface area contributed by atoms with Crippen molar-refractivity contribution in [1.29, 1.82) is 0 Å². The van der Waals surface area contributed by atoms with Gasteiger partial charge in [-0.05, 0) is 33.6 Å². The smallest absolute Gasteiger partial charge is 0.372 e. The molecule has 0 aliphatic carbocycles. The molecule has 1 N–H and O–H groups in total. The lowest BCUT2D eigenvalue weighted by Gasteiger charge is -2.50. The first-order valence-electron chi connectivity index (χ1n) is 7.23. The van der Waals surface area contributed by atoms with Crippen molar-refractivity contribution in [3.05, 3.63) is 0 Å². The van der Waals surface area contributed by atoms with Gasteiger partial charge in [0.05, 0.1) is 0 Å². The Morgan fingerprint density at radius 2 is 1.90 bits per heavy atom. The molecule has 0 aromatic heterocycles. The Morgan fingerprint density at radius 1 is 1.25 bits per heavy atom. The third kappa shape index (κ3) is 5.58. The van der Waals surface area contributed by atoms with Gasteiger partial charge in [0.2, 0.25) is 0 Å². The molecule has 0 amide bonds. The Kier molecular flexibility index (Phi) is 5.87. The van der Waals surface area contributed by atoms with E-state index < -0.39 is 12.8 Å². The summed E-state index contributed by atoms with van der Waals surface area (Å²) in [6.45, 7) is 10.2. The van der Waals surface area contributed by atoms with Gasteiger partial charge in [0, 0.05) is 37.3 Å². The normalized spacial score (nSPS) is 27.8. The van der Waals surface area contributed by atoms with Crippen molar-refractivity contribution in [1.82, 2.24) is 10.2 Å². The molecule has 0 aromatic carbocycles. The Hall–Kier alpha value is -0.330. The van der Waals surface area contributed by atoms with Crippen LogP contribution in [-0.4, -0.2) is 55.0 Å². The molecule has 0 aromatic rings. The fourth-order valence-electron chi connectivity index (χ4n) is 2.40. The monoisotopic (exact) mass is 296 g/mol. The van der Waals surface area contributed by atoms with E-state index in [2.05, 4.69) is 42.6 Å². The van der Waals surface area contributed by atoms with E-state index in [4.69, 9.17) is 0 Å². The molecule has 1 rings (SSSR count). The highest BCUT2D eigenvalue weighted by atomic mass is 19.4. The summed E-state index contributed by atoms with van der Waals surface area (Å²) in [6.07, 6.45) is -2.57. The lowest BCUT2D eigenvalue weighted by atomic mass is 9.88. The van der Waals surface area contributed by atoms with Crippen LogP contribution < -0.4 is 5.32 Å². The summed E-state index contributed by atoms with van der Waals surface area (Å²) in [5.41, 5.74) is 0.112. The zero-order valence-corrected chi connectivity index (χ0v) is 12.9. The number of alkyl halides is 3. The molecule has 0 spiro atoms. The van der Waals surface area contributed by atoms with Crippen LogP contribution in [0.4, 0.5) is 13.2 Å². The third-order valence-electron chi connectivity index (χ3n) is 4.11. The highest BCUT2D eigenvalue weighted by Crippen LogP contribution is 2.25. The molecule has 0 bridgehead atoms. The van der Waals surface area contributed by atoms with Gasteiger partial charge in [0.1, 0.15) is 6.61 Å². The van der Waals surface area contributed by atoms with Gasteiger partial charge in [-0.15, -0.1) is 0 Å². The molecule has 1 aliphatic rings. The van der Waals surface area contributed by atoms with E-state index in [1.54, 1.807) is 0 Å². The summed E-state index contributed by atoms with van der Waals surface area (Å²) in [5.74, 6) is 0. The molecule has 1 saturated heterocycles. The molecule has 1 unspecified atom stereocenters. The number of piperazine rings is 1. The quantitative estimate of drug-likeness (QED) is 0.763. The van der Waals surface area contributed by atoms with Crippen LogP contribution in [0.1, 0.15) is 40.5 Å². The Balaban J connectivity index is 2.36. The van der Waals surface area contributed by atoms with Crippen molar-refractivity contribution in [3.63, 3.8) is 0 Å². The molecular formula is C14H27F3N2O. The van der Waals surface area contributed by atoms with Crippen molar-refractivity contribution < 1.29 is 17.9 Å². The van der Waals surface area contributed by atoms with E-state index in [9.17, 15) is 13.2 Å². The Morgan fingerprint density at radius 3 is 2.45 bits per heavy atom. The van der Waals surface area contributed by atoms with Crippen LogP contribution in [-0.2, 0) is 4.74 Å². The molecule has 1 atom stereocenters. The second-order valence-electron chi connectivity index (χ2n) is 6.52. The van der Waals surface area contributed by atoms with Gasteiger partial charge in [-0.25, -0.2) is 0 Å². The van der Waals surface area contributed by atoms with Crippen molar-refractivity contribution >= 4 is 0 Å². The van der Waals surface area contributed by atoms with Gasteiger partial charge < -0.3 is 10.1 Å². The highest BCUT2D eigenvalue weighted by molar-refractivity contribution is 4.98. The summed E-state index contributed by atoms with van der Waals surface area (Å²) >= 11 is 0. The summed E-state index contributed by atoms with van der Waals surface area (Å²) in [4.78, 5) is 2.35. The number of hydrogen-bond acceptors (Lipinski definition) is 3. The standard InChI is InChI=1S/C14H27F3N2O/c1-5-13(4)10-19(12(2,3)9-18-13)7-6-8-20-11-14(15,16)17/h18H,5-11H2,1-4H3. The average Bonchev–Trinajstić information content (AvgIpc) is 2.32. The van der Waals surface area contributed by atoms with Gasteiger partial charge in [-0.2, -0.15) is 13.2 Å². The van der Waals surface area contributed by atoms with E-state index in [0.29, 0.717) is 6.42 Å². The first kappa shape index (κ1) is 17.7. The third-order valence-corrected chi connectivity index (χ3v) is 4.11. The Bertz CT molecular complexity index is 307. The minimum absolute atomic E-state index is 0.0265. The number of halogens is 3. The van der Waals surface area contributed by atoms with Gasteiger partial charge in [0.25, 0.3) is 0 Å². The maximum Gasteiger partial charge on any atom is 0.411 e. The van der Waals surface area contributed by atoms with Gasteiger partial charge in [-0.1, -0.05) is 6.92 Å². The predicted octanol–water partition coefficient (Wildman–Crippen LogP) is 2.81. The van der Waals surface area contributed by atoms with Crippen molar-refractivity contribution in [2.75, 3.05) is 32.8 Å². The summed E-state index contributed by atoms with van der Waals surface area (Å²) < 4.78 is 40.6. The topological polar surface area (TPSA) is 24.5 Å². The van der Waals surface area contributed by atoms with E-state index in [-0.39, 0.29) is 17.7 Å². The highest BCUT2D eigenvalue weighted by Gasteiger charge is 2.38. The summed E-state index contributed by atoms with van der Waals surface area (Å²) in [6, 6.07) is 0. The number of rotatable bonds is 6. The minimum atomic E-state index is -4.23. The molecule has 6 heteroatoms.